The van der Waals surface area contributed by atoms with E-state index in [1.165, 1.54) is 11.1 Å². The SMILES string of the molecule is [C-]1=[As][AsH]C=C1.[C-]1=[As][AsH]C=C1.[Zr+2].c1ccc(CCc2ccccc2)cc1. The van der Waals surface area contributed by atoms with Gasteiger partial charge >= 0.3 is 112 Å². The molecule has 0 saturated heterocycles. The molecule has 5 heteroatoms. The average Bonchev–Trinajstić information content (AvgIpc) is 3.40. The van der Waals surface area contributed by atoms with Crippen LogP contribution in [-0.2, 0) is 39.0 Å². The first-order valence-corrected chi connectivity index (χ1v) is 23.7. The first kappa shape index (κ1) is 23.8. The number of hydrogen-bond acceptors (Lipinski definition) is 0. The van der Waals surface area contributed by atoms with Gasteiger partial charge in [0, 0.05) is 0 Å². The molecule has 0 amide bonds. The fourth-order valence-corrected chi connectivity index (χ4v) is 11.6. The summed E-state index contributed by atoms with van der Waals surface area (Å²) >= 11 is 2.12. The molecular weight excluding hydrogens is 631 g/mol. The largest absolute Gasteiger partial charge is 2.00 e. The second-order valence-electron chi connectivity index (χ2n) is 4.88. The molecule has 2 aliphatic rings. The van der Waals surface area contributed by atoms with Gasteiger partial charge in [0.1, 0.15) is 0 Å². The van der Waals surface area contributed by atoms with Gasteiger partial charge in [0.25, 0.3) is 0 Å². The molecule has 0 fully saturated rings. The topological polar surface area (TPSA) is 0 Å². The Hall–Kier alpha value is 0.777. The molecular formula is C20H20As4Zr. The van der Waals surface area contributed by atoms with E-state index in [9.17, 15) is 0 Å². The van der Waals surface area contributed by atoms with Gasteiger partial charge in [0.05, 0.1) is 0 Å². The molecule has 0 saturated carbocycles. The molecule has 0 aliphatic carbocycles. The molecule has 0 bridgehead atoms. The Labute approximate surface area is 193 Å². The molecule has 2 atom stereocenters. The van der Waals surface area contributed by atoms with Crippen LogP contribution in [0.2, 0.25) is 0 Å². The van der Waals surface area contributed by atoms with Gasteiger partial charge in [-0.05, 0) is 24.0 Å². The van der Waals surface area contributed by atoms with Crippen molar-refractivity contribution in [3.8, 4) is 0 Å². The van der Waals surface area contributed by atoms with Gasteiger partial charge in [-0.2, -0.15) is 0 Å². The van der Waals surface area contributed by atoms with Crippen LogP contribution >= 0.6 is 0 Å². The molecule has 0 nitrogen and oxygen atoms in total. The van der Waals surface area contributed by atoms with Crippen molar-refractivity contribution in [2.45, 2.75) is 12.8 Å². The predicted octanol–water partition coefficient (Wildman–Crippen LogP) is 1.97. The summed E-state index contributed by atoms with van der Waals surface area (Å²) in [6.07, 6.45) is 6.43. The molecule has 2 heterocycles. The van der Waals surface area contributed by atoms with Crippen LogP contribution in [0.15, 0.2) is 82.5 Å². The summed E-state index contributed by atoms with van der Waals surface area (Å²) < 4.78 is 0. The van der Waals surface area contributed by atoms with Crippen LogP contribution in [-0.4, -0.2) is 63.5 Å². The molecule has 124 valence electrons. The third kappa shape index (κ3) is 12.7. The summed E-state index contributed by atoms with van der Waals surface area (Å²) in [4.78, 5) is 11.0. The van der Waals surface area contributed by atoms with Crippen LogP contribution in [0.5, 0.6) is 0 Å². The fourth-order valence-electron chi connectivity index (χ4n) is 1.95. The van der Waals surface area contributed by atoms with Crippen molar-refractivity contribution >= 4 is 63.5 Å². The van der Waals surface area contributed by atoms with Crippen molar-refractivity contribution < 1.29 is 26.2 Å². The Balaban J connectivity index is 0.000000233. The quantitative estimate of drug-likeness (QED) is 0.352. The normalized spacial score (nSPS) is 15.8. The smallest absolute Gasteiger partial charge is 0.0622 e. The number of hydrogen-bond donors (Lipinski definition) is 0. The third-order valence-corrected chi connectivity index (χ3v) is 15.0. The van der Waals surface area contributed by atoms with E-state index < -0.39 is 0 Å². The molecule has 4 rings (SSSR count). The van der Waals surface area contributed by atoms with E-state index in [0.717, 1.165) is 12.8 Å². The fraction of sp³-hybridized carbons (Fsp3) is 0.100. The minimum atomic E-state index is 0. The van der Waals surface area contributed by atoms with Gasteiger partial charge < -0.3 is 0 Å². The van der Waals surface area contributed by atoms with E-state index in [1.54, 1.807) is 0 Å². The maximum atomic E-state index is 3.19. The van der Waals surface area contributed by atoms with E-state index in [-0.39, 0.29) is 26.2 Å². The van der Waals surface area contributed by atoms with Gasteiger partial charge in [0.2, 0.25) is 0 Å². The summed E-state index contributed by atoms with van der Waals surface area (Å²) in [6, 6.07) is 21.2. The molecule has 2 aromatic carbocycles. The number of benzene rings is 2. The summed E-state index contributed by atoms with van der Waals surface area (Å²) in [5.74, 6) is 0. The molecule has 0 aromatic heterocycles. The molecule has 25 heavy (non-hydrogen) atoms. The van der Waals surface area contributed by atoms with Gasteiger partial charge in [-0.15, -0.1) is 0 Å². The Morgan fingerprint density at radius 3 is 1.28 bits per heavy atom. The van der Waals surface area contributed by atoms with Gasteiger partial charge in [0.15, 0.2) is 0 Å². The summed E-state index contributed by atoms with van der Waals surface area (Å²) in [6.45, 7) is 0. The Kier molecular flexibility index (Phi) is 16.1. The van der Waals surface area contributed by atoms with Gasteiger partial charge in [-0.1, -0.05) is 60.7 Å². The van der Waals surface area contributed by atoms with Crippen LogP contribution in [0.4, 0.5) is 0 Å². The minimum Gasteiger partial charge on any atom is -0.0622 e. The van der Waals surface area contributed by atoms with E-state index in [2.05, 4.69) is 92.2 Å². The minimum absolute atomic E-state index is 0. The first-order valence-electron chi connectivity index (χ1n) is 7.74. The second kappa shape index (κ2) is 16.9. The molecule has 2 aromatic rings. The Morgan fingerprint density at radius 2 is 1.04 bits per heavy atom. The summed E-state index contributed by atoms with van der Waals surface area (Å²) in [5, 5.41) is 0. The van der Waals surface area contributed by atoms with E-state index in [4.69, 9.17) is 0 Å². The zero-order valence-corrected chi connectivity index (χ0v) is 24.3. The van der Waals surface area contributed by atoms with E-state index in [1.807, 2.05) is 0 Å². The van der Waals surface area contributed by atoms with Crippen LogP contribution in [0.25, 0.3) is 0 Å². The third-order valence-electron chi connectivity index (χ3n) is 3.11. The molecule has 0 N–H and O–H groups in total. The van der Waals surface area contributed by atoms with Crippen molar-refractivity contribution in [2.24, 2.45) is 0 Å². The van der Waals surface area contributed by atoms with Crippen molar-refractivity contribution in [3.63, 3.8) is 0 Å². The van der Waals surface area contributed by atoms with Crippen molar-refractivity contribution in [1.29, 1.82) is 0 Å². The van der Waals surface area contributed by atoms with E-state index >= 15 is 0 Å². The molecule has 0 spiro atoms. The average molecular weight is 651 g/mol. The summed E-state index contributed by atoms with van der Waals surface area (Å²) in [5.41, 5.74) is 2.83. The standard InChI is InChI=1S/C14H14.2C3H3As2.Zr/c1-3-7-13(8-4-1)11-12-14-9-5-2-6-10-14;2*1-2-4-5-3-1;/h1-10H,11-12H2;2*1-2,4H;/q;2*-1;+2. The van der Waals surface area contributed by atoms with Crippen LogP contribution in [0.1, 0.15) is 11.1 Å². The monoisotopic (exact) mass is 650 g/mol. The molecule has 0 radical (unpaired) electrons. The number of aryl methyl sites for hydroxylation is 2. The van der Waals surface area contributed by atoms with Crippen LogP contribution < -0.4 is 0 Å². The predicted molar refractivity (Wildman–Crippen MR) is 114 cm³/mol. The molecule has 2 unspecified atom stereocenters. The maximum absolute atomic E-state index is 3.19. The van der Waals surface area contributed by atoms with Crippen molar-refractivity contribution in [1.82, 2.24) is 0 Å². The maximum Gasteiger partial charge on any atom is 2.00 e. The van der Waals surface area contributed by atoms with Gasteiger partial charge in [-0.3, -0.25) is 0 Å². The number of rotatable bonds is 3. The van der Waals surface area contributed by atoms with Gasteiger partial charge in [-0.25, -0.2) is 0 Å². The number of allylic oxidation sites excluding steroid dienone is 2. The van der Waals surface area contributed by atoms with Crippen LogP contribution in [0.3, 0.4) is 0 Å². The first-order chi connectivity index (χ1) is 11.9. The second-order valence-corrected chi connectivity index (χ2v) is 19.9. The van der Waals surface area contributed by atoms with Crippen molar-refractivity contribution in [2.75, 3.05) is 0 Å². The Bertz CT molecular complexity index is 598. The Morgan fingerprint density at radius 1 is 0.640 bits per heavy atom. The van der Waals surface area contributed by atoms with E-state index in [0.29, 0.717) is 53.9 Å². The van der Waals surface area contributed by atoms with Crippen molar-refractivity contribution in [3.05, 3.63) is 93.7 Å². The molecule has 2 aliphatic heterocycles. The zero-order chi connectivity index (χ0) is 16.7. The zero-order valence-electron chi connectivity index (χ0n) is 13.9. The van der Waals surface area contributed by atoms with Crippen LogP contribution in [0, 0.1) is 0 Å². The summed E-state index contributed by atoms with van der Waals surface area (Å²) in [7, 11) is 0.